The molecule has 0 saturated carbocycles. The first-order valence-electron chi connectivity index (χ1n) is 11.2. The Morgan fingerprint density at radius 2 is 1.86 bits per heavy atom. The molecular weight excluding hydrogens is 456 g/mol. The molecule has 2 aromatic rings. The van der Waals surface area contributed by atoms with Crippen LogP contribution in [-0.2, 0) is 14.3 Å². The molecule has 11 nitrogen and oxygen atoms in total. The Balaban J connectivity index is 1.71. The Morgan fingerprint density at radius 3 is 2.43 bits per heavy atom. The van der Waals surface area contributed by atoms with Gasteiger partial charge in [-0.05, 0) is 44.0 Å². The number of aliphatic hydroxyl groups is 1. The lowest BCUT2D eigenvalue weighted by Crippen LogP contribution is -2.48. The minimum absolute atomic E-state index is 0.129. The zero-order valence-corrected chi connectivity index (χ0v) is 19.0. The number of carbonyl (C=O) groups excluding carboxylic acids is 3. The smallest absolute Gasteiger partial charge is 0.409 e. The van der Waals surface area contributed by atoms with Gasteiger partial charge in [-0.2, -0.15) is 0 Å². The molecule has 2 aliphatic rings. The van der Waals surface area contributed by atoms with Gasteiger partial charge in [-0.1, -0.05) is 6.07 Å². The Bertz CT molecular complexity index is 1170. The van der Waals surface area contributed by atoms with Crippen molar-refractivity contribution in [2.45, 2.75) is 31.8 Å². The number of nitrogens with zero attached hydrogens (tertiary/aromatic N) is 4. The normalized spacial score (nSPS) is 20.2. The summed E-state index contributed by atoms with van der Waals surface area (Å²) in [6.07, 6.45) is 1.96. The van der Waals surface area contributed by atoms with Crippen LogP contribution >= 0.6 is 0 Å². The molecule has 1 atom stereocenters. The molecule has 2 amide bonds. The molecule has 1 aromatic carbocycles. The van der Waals surface area contributed by atoms with Gasteiger partial charge in [0.1, 0.15) is 11.8 Å². The van der Waals surface area contributed by atoms with Crippen LogP contribution in [0.2, 0.25) is 0 Å². The topological polar surface area (TPSA) is 143 Å². The van der Waals surface area contributed by atoms with Crippen molar-refractivity contribution in [1.82, 2.24) is 14.8 Å². The van der Waals surface area contributed by atoms with Gasteiger partial charge in [0.05, 0.1) is 22.8 Å². The van der Waals surface area contributed by atoms with Crippen molar-refractivity contribution in [3.63, 3.8) is 0 Å². The zero-order chi connectivity index (χ0) is 25.1. The number of amides is 2. The number of nitro groups is 1. The highest BCUT2D eigenvalue weighted by atomic mass is 16.6. The van der Waals surface area contributed by atoms with E-state index < -0.39 is 34.5 Å². The number of rotatable bonds is 5. The quantitative estimate of drug-likeness (QED) is 0.226. The van der Waals surface area contributed by atoms with Gasteiger partial charge in [-0.3, -0.25) is 24.7 Å². The number of piperidine rings is 1. The lowest BCUT2D eigenvalue weighted by molar-refractivity contribution is -0.384. The number of carbonyl (C=O) groups is 3. The van der Waals surface area contributed by atoms with E-state index in [1.165, 1.54) is 35.4 Å². The molecule has 2 fully saturated rings. The molecule has 1 N–H and O–H groups in total. The molecule has 11 heteroatoms. The number of Topliss-reactive ketones (excluding diaryl/α,β-unsaturated/α-hetero) is 1. The summed E-state index contributed by atoms with van der Waals surface area (Å²) in [4.78, 5) is 56.2. The Kier molecular flexibility index (Phi) is 6.76. The average Bonchev–Trinajstić information content (AvgIpc) is 3.14. The van der Waals surface area contributed by atoms with Crippen LogP contribution in [0.1, 0.15) is 37.1 Å². The Hall–Kier alpha value is -4.28. The van der Waals surface area contributed by atoms with E-state index in [4.69, 9.17) is 4.74 Å². The third-order valence-electron chi connectivity index (χ3n) is 6.18. The molecule has 0 aliphatic carbocycles. The third kappa shape index (κ3) is 4.57. The van der Waals surface area contributed by atoms with Crippen molar-refractivity contribution in [2.75, 3.05) is 19.7 Å². The monoisotopic (exact) mass is 480 g/mol. The number of pyridine rings is 1. The second kappa shape index (κ2) is 9.92. The molecule has 1 aromatic heterocycles. The maximum atomic E-state index is 13.2. The summed E-state index contributed by atoms with van der Waals surface area (Å²) < 4.78 is 5.05. The summed E-state index contributed by atoms with van der Waals surface area (Å²) >= 11 is 0. The number of nitro benzene ring substituents is 1. The van der Waals surface area contributed by atoms with Crippen LogP contribution in [0.5, 0.6) is 0 Å². The Labute approximate surface area is 200 Å². The van der Waals surface area contributed by atoms with Crippen molar-refractivity contribution in [2.24, 2.45) is 0 Å². The van der Waals surface area contributed by atoms with E-state index in [2.05, 4.69) is 4.98 Å². The predicted octanol–water partition coefficient (Wildman–Crippen LogP) is 3.03. The first-order valence-corrected chi connectivity index (χ1v) is 11.2. The number of non-ortho nitro benzene ring substituents is 1. The minimum Gasteiger partial charge on any atom is -0.507 e. The number of benzene rings is 1. The van der Waals surface area contributed by atoms with Crippen molar-refractivity contribution < 1.29 is 29.2 Å². The van der Waals surface area contributed by atoms with Gasteiger partial charge in [0.15, 0.2) is 0 Å². The van der Waals surface area contributed by atoms with E-state index in [-0.39, 0.29) is 29.5 Å². The van der Waals surface area contributed by atoms with E-state index in [0.29, 0.717) is 31.6 Å². The maximum Gasteiger partial charge on any atom is 0.409 e. The molecule has 182 valence electrons. The van der Waals surface area contributed by atoms with Crippen LogP contribution in [0.3, 0.4) is 0 Å². The molecule has 2 aliphatic heterocycles. The highest BCUT2D eigenvalue weighted by Gasteiger charge is 2.50. The summed E-state index contributed by atoms with van der Waals surface area (Å²) in [6, 6.07) is 8.86. The number of ketones is 1. The van der Waals surface area contributed by atoms with Gasteiger partial charge < -0.3 is 19.6 Å². The molecule has 2 saturated heterocycles. The molecular formula is C24H24N4O7. The van der Waals surface area contributed by atoms with Gasteiger partial charge in [0.2, 0.25) is 0 Å². The maximum absolute atomic E-state index is 13.2. The van der Waals surface area contributed by atoms with Crippen LogP contribution in [0.15, 0.2) is 54.2 Å². The summed E-state index contributed by atoms with van der Waals surface area (Å²) in [5.74, 6) is -2.05. The average molecular weight is 480 g/mol. The summed E-state index contributed by atoms with van der Waals surface area (Å²) in [6.45, 7) is 2.69. The number of aromatic nitrogens is 1. The number of likely N-dealkylation sites (tertiary alicyclic amines) is 2. The van der Waals surface area contributed by atoms with Crippen molar-refractivity contribution in [3.05, 3.63) is 75.6 Å². The van der Waals surface area contributed by atoms with Gasteiger partial charge in [-0.15, -0.1) is 0 Å². The van der Waals surface area contributed by atoms with Crippen LogP contribution in [0, 0.1) is 10.1 Å². The van der Waals surface area contributed by atoms with Crippen LogP contribution in [0.4, 0.5) is 10.5 Å². The number of hydrogen-bond donors (Lipinski definition) is 1. The first kappa shape index (κ1) is 23.9. The van der Waals surface area contributed by atoms with Gasteiger partial charge in [0.25, 0.3) is 17.4 Å². The van der Waals surface area contributed by atoms with E-state index >= 15 is 0 Å². The minimum atomic E-state index is -0.939. The summed E-state index contributed by atoms with van der Waals surface area (Å²) in [5.41, 5.74) is 0.279. The fourth-order valence-corrected chi connectivity index (χ4v) is 4.49. The molecule has 4 rings (SSSR count). The number of ether oxygens (including phenoxy) is 1. The second-order valence-electron chi connectivity index (χ2n) is 8.18. The zero-order valence-electron chi connectivity index (χ0n) is 19.0. The van der Waals surface area contributed by atoms with Gasteiger partial charge >= 0.3 is 6.09 Å². The van der Waals surface area contributed by atoms with Crippen molar-refractivity contribution >= 4 is 29.2 Å². The fraction of sp³-hybridized carbons (Fsp3) is 0.333. The van der Waals surface area contributed by atoms with Gasteiger partial charge in [-0.25, -0.2) is 4.79 Å². The van der Waals surface area contributed by atoms with E-state index in [9.17, 15) is 29.6 Å². The Morgan fingerprint density at radius 1 is 1.17 bits per heavy atom. The predicted molar refractivity (Wildman–Crippen MR) is 123 cm³/mol. The molecule has 0 radical (unpaired) electrons. The van der Waals surface area contributed by atoms with Crippen LogP contribution < -0.4 is 0 Å². The van der Waals surface area contributed by atoms with Crippen molar-refractivity contribution in [1.29, 1.82) is 0 Å². The molecule has 0 bridgehead atoms. The highest BCUT2D eigenvalue weighted by Crippen LogP contribution is 2.41. The van der Waals surface area contributed by atoms with Crippen LogP contribution in [0.25, 0.3) is 5.76 Å². The van der Waals surface area contributed by atoms with Crippen LogP contribution in [-0.4, -0.2) is 68.3 Å². The lowest BCUT2D eigenvalue weighted by Gasteiger charge is -2.38. The highest BCUT2D eigenvalue weighted by molar-refractivity contribution is 6.46. The standard InChI is InChI=1S/C24H24N4O7/c1-2-35-24(32)26-13-10-16(11-14-26)27-20(18-5-3-4-12-25-18)19(22(30)23(27)31)21(29)15-6-8-17(9-7-15)28(33)34/h3-9,12,16,20,29H,2,10-11,13-14H2,1H3/b21-19+. The number of hydrogen-bond acceptors (Lipinski definition) is 8. The largest absolute Gasteiger partial charge is 0.507 e. The van der Waals surface area contributed by atoms with E-state index in [1.807, 2.05) is 0 Å². The molecule has 3 heterocycles. The van der Waals surface area contributed by atoms with Gasteiger partial charge in [0, 0.05) is 43.0 Å². The lowest BCUT2D eigenvalue weighted by atomic mass is 9.96. The second-order valence-corrected chi connectivity index (χ2v) is 8.18. The SMILES string of the molecule is CCOC(=O)N1CCC(N2C(=O)C(=O)/C(=C(/O)c3ccc([N+](=O)[O-])cc3)C2c2ccccn2)CC1. The molecule has 0 spiro atoms. The van der Waals surface area contributed by atoms with E-state index in [1.54, 1.807) is 30.0 Å². The fourth-order valence-electron chi connectivity index (χ4n) is 4.49. The molecule has 35 heavy (non-hydrogen) atoms. The summed E-state index contributed by atoms with van der Waals surface area (Å²) in [5, 5.41) is 22.0. The molecule has 1 unspecified atom stereocenters. The summed E-state index contributed by atoms with van der Waals surface area (Å²) in [7, 11) is 0. The number of aliphatic hydroxyl groups excluding tert-OH is 1. The van der Waals surface area contributed by atoms with Crippen molar-refractivity contribution in [3.8, 4) is 0 Å². The third-order valence-corrected chi connectivity index (χ3v) is 6.18. The first-order chi connectivity index (χ1) is 16.8. The van der Waals surface area contributed by atoms with E-state index in [0.717, 1.165) is 0 Å².